The number of carbonyl (C=O) groups is 3. The summed E-state index contributed by atoms with van der Waals surface area (Å²) < 4.78 is 17.1. The Hall–Kier alpha value is -4.27. The fraction of sp³-hybridized carbons (Fsp3) is 0.558. The first-order valence-electron chi connectivity index (χ1n) is 22.6. The first-order valence-corrected chi connectivity index (χ1v) is 22.6. The van der Waals surface area contributed by atoms with Crippen LogP contribution in [0.1, 0.15) is 136 Å². The van der Waals surface area contributed by atoms with Gasteiger partial charge in [0.1, 0.15) is 12.6 Å². The average Bonchev–Trinajstić information content (AvgIpc) is 3.21. The summed E-state index contributed by atoms with van der Waals surface area (Å²) in [4.78, 5) is 36.8. The van der Waals surface area contributed by atoms with E-state index in [0.29, 0.717) is 12.8 Å². The second kappa shape index (κ2) is 41.5. The number of allylic oxidation sites excluding steroid dienone is 20. The second-order valence-electron chi connectivity index (χ2n) is 15.6. The third-order valence-electron chi connectivity index (χ3n) is 9.15. The Labute approximate surface area is 365 Å². The number of rotatable bonds is 38. The monoisotopic (exact) mass is 832 g/mol. The van der Waals surface area contributed by atoms with Crippen molar-refractivity contribution in [1.82, 2.24) is 0 Å². The Bertz CT molecular complexity index is 1390. The minimum atomic E-state index is -1.14. The number of aliphatic carboxylic acids is 1. The standard InChI is InChI=1S/C52H81NO7/c1-6-8-10-12-14-16-18-20-21-22-23-24-25-26-27-28-29-31-33-35-37-39-41-43-51(55)60-48(46-58-45-44-49(52(56)57)53(3,4)5)47-59-50(54)42-40-38-36-34-32-30-19-17-15-13-11-9-7-2/h8-11,13-17,19-21,23-24,26-27,29,31,35,37,48-49H,6-7,12,18,22,25,28,30,32-34,36,38-47H2,1-5H3/b10-8+,11-9+,15-13+,16-14+,19-17+,21-20+,24-23+,27-26+,31-29+,37-35+. The third kappa shape index (κ3) is 39.2. The van der Waals surface area contributed by atoms with Crippen LogP contribution in [-0.2, 0) is 28.6 Å². The Kier molecular flexibility index (Phi) is 38.5. The van der Waals surface area contributed by atoms with E-state index in [1.807, 2.05) is 12.2 Å². The van der Waals surface area contributed by atoms with E-state index in [-0.39, 0.29) is 49.1 Å². The number of hydrogen-bond donors (Lipinski definition) is 0. The lowest BCUT2D eigenvalue weighted by atomic mass is 10.1. The van der Waals surface area contributed by atoms with E-state index >= 15 is 0 Å². The zero-order chi connectivity index (χ0) is 44.2. The quantitative estimate of drug-likeness (QED) is 0.0201. The maximum atomic E-state index is 12.7. The van der Waals surface area contributed by atoms with E-state index in [1.165, 1.54) is 0 Å². The number of esters is 2. The minimum absolute atomic E-state index is 0.00146. The van der Waals surface area contributed by atoms with E-state index in [2.05, 4.69) is 123 Å². The molecule has 0 fully saturated rings. The summed E-state index contributed by atoms with van der Waals surface area (Å²) in [5, 5.41) is 11.6. The fourth-order valence-corrected chi connectivity index (χ4v) is 5.70. The van der Waals surface area contributed by atoms with Crippen molar-refractivity contribution >= 4 is 17.9 Å². The lowest BCUT2D eigenvalue weighted by molar-refractivity contribution is -0.889. The van der Waals surface area contributed by atoms with Gasteiger partial charge in [-0.15, -0.1) is 0 Å². The molecule has 0 aromatic carbocycles. The van der Waals surface area contributed by atoms with Gasteiger partial charge < -0.3 is 28.6 Å². The number of carbonyl (C=O) groups excluding carboxylic acids is 3. The van der Waals surface area contributed by atoms with Crippen molar-refractivity contribution in [3.63, 3.8) is 0 Å². The summed E-state index contributed by atoms with van der Waals surface area (Å²) in [5.41, 5.74) is 0. The number of unbranched alkanes of at least 4 members (excludes halogenated alkanes) is 6. The van der Waals surface area contributed by atoms with Crippen molar-refractivity contribution < 1.29 is 38.2 Å². The SMILES string of the molecule is CC/C=C/C=C/C=C/CCCCCCCC(=O)OCC(COCCC(C(=O)[O-])[N+](C)(C)C)OC(=O)CCC/C=C/C/C=C/C/C=C/C/C=C/C/C=C/C/C=C/C/C=C/CC. The smallest absolute Gasteiger partial charge is 0.306 e. The number of ether oxygens (including phenoxy) is 3. The molecule has 2 atom stereocenters. The molecule has 0 saturated carbocycles. The highest BCUT2D eigenvalue weighted by Gasteiger charge is 2.25. The van der Waals surface area contributed by atoms with E-state index in [4.69, 9.17) is 14.2 Å². The first-order chi connectivity index (χ1) is 29.1. The highest BCUT2D eigenvalue weighted by Crippen LogP contribution is 2.11. The molecule has 0 radical (unpaired) electrons. The van der Waals surface area contributed by atoms with Crippen molar-refractivity contribution in [2.24, 2.45) is 0 Å². The fourth-order valence-electron chi connectivity index (χ4n) is 5.70. The molecule has 0 spiro atoms. The zero-order valence-corrected chi connectivity index (χ0v) is 38.1. The van der Waals surface area contributed by atoms with Crippen LogP contribution in [0.5, 0.6) is 0 Å². The summed E-state index contributed by atoms with van der Waals surface area (Å²) in [7, 11) is 5.36. The maximum absolute atomic E-state index is 12.7. The van der Waals surface area contributed by atoms with E-state index in [0.717, 1.165) is 96.3 Å². The molecule has 8 nitrogen and oxygen atoms in total. The van der Waals surface area contributed by atoms with Gasteiger partial charge in [-0.3, -0.25) is 9.59 Å². The van der Waals surface area contributed by atoms with Gasteiger partial charge in [0.15, 0.2) is 6.10 Å². The number of nitrogens with zero attached hydrogens (tertiary/aromatic N) is 1. The molecule has 0 aliphatic heterocycles. The molecule has 336 valence electrons. The Balaban J connectivity index is 4.48. The summed E-state index contributed by atoms with van der Waals surface area (Å²) in [6.45, 7) is 4.30. The largest absolute Gasteiger partial charge is 0.544 e. The maximum Gasteiger partial charge on any atom is 0.306 e. The van der Waals surface area contributed by atoms with E-state index in [1.54, 1.807) is 21.1 Å². The number of quaternary nitrogens is 1. The van der Waals surface area contributed by atoms with E-state index < -0.39 is 18.1 Å². The molecule has 0 saturated heterocycles. The van der Waals surface area contributed by atoms with Gasteiger partial charge in [0.2, 0.25) is 0 Å². The van der Waals surface area contributed by atoms with Gasteiger partial charge in [-0.2, -0.15) is 0 Å². The minimum Gasteiger partial charge on any atom is -0.544 e. The van der Waals surface area contributed by atoms with Crippen LogP contribution in [0.2, 0.25) is 0 Å². The lowest BCUT2D eigenvalue weighted by Gasteiger charge is -2.34. The molecular weight excluding hydrogens is 751 g/mol. The van der Waals surface area contributed by atoms with Gasteiger partial charge in [-0.25, -0.2) is 0 Å². The van der Waals surface area contributed by atoms with Crippen LogP contribution < -0.4 is 5.11 Å². The molecule has 0 heterocycles. The van der Waals surface area contributed by atoms with Gasteiger partial charge >= 0.3 is 11.9 Å². The molecule has 2 unspecified atom stereocenters. The van der Waals surface area contributed by atoms with Crippen LogP contribution in [0.25, 0.3) is 0 Å². The van der Waals surface area contributed by atoms with Crippen LogP contribution in [0, 0.1) is 0 Å². The van der Waals surface area contributed by atoms with Gasteiger partial charge in [-0.05, 0) is 83.5 Å². The molecule has 0 bridgehead atoms. The normalized spacial score (nSPS) is 14.1. The van der Waals surface area contributed by atoms with Crippen molar-refractivity contribution in [2.75, 3.05) is 41.0 Å². The van der Waals surface area contributed by atoms with Crippen LogP contribution in [0.15, 0.2) is 122 Å². The zero-order valence-electron chi connectivity index (χ0n) is 38.1. The summed E-state index contributed by atoms with van der Waals surface area (Å²) >= 11 is 0. The van der Waals surface area contributed by atoms with Gasteiger partial charge in [-0.1, -0.05) is 155 Å². The molecular formula is C52H81NO7. The Morgan fingerprint density at radius 1 is 0.517 bits per heavy atom. The highest BCUT2D eigenvalue weighted by atomic mass is 16.6. The molecule has 0 amide bonds. The van der Waals surface area contributed by atoms with Crippen molar-refractivity contribution in [2.45, 2.75) is 148 Å². The molecule has 0 rings (SSSR count). The predicted octanol–water partition coefficient (Wildman–Crippen LogP) is 11.3. The van der Waals surface area contributed by atoms with Crippen molar-refractivity contribution in [3.05, 3.63) is 122 Å². The molecule has 0 aromatic rings. The van der Waals surface area contributed by atoms with Crippen LogP contribution >= 0.6 is 0 Å². The lowest BCUT2D eigenvalue weighted by Crippen LogP contribution is -2.55. The van der Waals surface area contributed by atoms with Crippen LogP contribution in [-0.4, -0.2) is 75.5 Å². The van der Waals surface area contributed by atoms with Crippen molar-refractivity contribution in [3.8, 4) is 0 Å². The highest BCUT2D eigenvalue weighted by molar-refractivity contribution is 5.70. The summed E-state index contributed by atoms with van der Waals surface area (Å²) in [5.74, 6) is -1.86. The van der Waals surface area contributed by atoms with Gasteiger partial charge in [0.25, 0.3) is 0 Å². The number of carboxylic acid groups (broad SMARTS) is 1. The molecule has 0 aromatic heterocycles. The topological polar surface area (TPSA) is 102 Å². The second-order valence-corrected chi connectivity index (χ2v) is 15.6. The number of likely N-dealkylation sites (N-methyl/N-ethyl adjacent to an activating group) is 1. The van der Waals surface area contributed by atoms with Crippen LogP contribution in [0.4, 0.5) is 0 Å². The molecule has 8 heteroatoms. The van der Waals surface area contributed by atoms with Crippen LogP contribution in [0.3, 0.4) is 0 Å². The van der Waals surface area contributed by atoms with E-state index in [9.17, 15) is 19.5 Å². The summed E-state index contributed by atoms with van der Waals surface area (Å²) in [6.07, 6.45) is 58.1. The Morgan fingerprint density at radius 2 is 0.983 bits per heavy atom. The molecule has 0 aliphatic rings. The third-order valence-corrected chi connectivity index (χ3v) is 9.15. The van der Waals surface area contributed by atoms with Gasteiger partial charge in [0, 0.05) is 19.3 Å². The predicted molar refractivity (Wildman–Crippen MR) is 249 cm³/mol. The number of hydrogen-bond acceptors (Lipinski definition) is 7. The molecule has 0 N–H and O–H groups in total. The summed E-state index contributed by atoms with van der Waals surface area (Å²) in [6, 6.07) is -0.747. The Morgan fingerprint density at radius 3 is 1.52 bits per heavy atom. The number of carboxylic acids is 1. The van der Waals surface area contributed by atoms with Crippen molar-refractivity contribution in [1.29, 1.82) is 0 Å². The molecule has 0 aliphatic carbocycles. The first kappa shape index (κ1) is 55.7. The van der Waals surface area contributed by atoms with Gasteiger partial charge in [0.05, 0.1) is 40.3 Å². The molecule has 60 heavy (non-hydrogen) atoms. The average molecular weight is 832 g/mol.